The fourth-order valence-corrected chi connectivity index (χ4v) is 5.08. The van der Waals surface area contributed by atoms with E-state index in [1.165, 1.54) is 22.9 Å². The number of nitrogens with zero attached hydrogens (tertiary/aromatic N) is 4. The fourth-order valence-electron chi connectivity index (χ4n) is 3.59. The number of nitrogen functional groups attached to an aromatic ring is 1. The Labute approximate surface area is 192 Å². The van der Waals surface area contributed by atoms with Gasteiger partial charge in [-0.25, -0.2) is 23.4 Å². The van der Waals surface area contributed by atoms with E-state index in [0.29, 0.717) is 11.3 Å². The Morgan fingerprint density at radius 3 is 2.70 bits per heavy atom. The SMILES string of the molecule is C[C@@H](Nc1nc(Cl)nc2c1CN(S(=O)(=O)c1cnc[nH]1)CC2)c1cc(N)cc(C(F)(F)F)c1. The molecular formula is C19H19ClF3N7O2S. The number of aromatic nitrogens is 4. The van der Waals surface area contributed by atoms with Crippen LogP contribution in [0.25, 0.3) is 0 Å². The van der Waals surface area contributed by atoms with E-state index in [1.807, 2.05) is 0 Å². The summed E-state index contributed by atoms with van der Waals surface area (Å²) in [5, 5.41) is 2.93. The van der Waals surface area contributed by atoms with Gasteiger partial charge in [-0.2, -0.15) is 17.5 Å². The summed E-state index contributed by atoms with van der Waals surface area (Å²) in [5.41, 5.74) is 6.10. The van der Waals surface area contributed by atoms with Gasteiger partial charge in [0.1, 0.15) is 5.82 Å². The second-order valence-electron chi connectivity index (χ2n) is 7.52. The fraction of sp³-hybridized carbons (Fsp3) is 0.316. The van der Waals surface area contributed by atoms with Crippen molar-refractivity contribution in [1.29, 1.82) is 0 Å². The van der Waals surface area contributed by atoms with Crippen LogP contribution in [-0.2, 0) is 29.2 Å². The molecule has 4 N–H and O–H groups in total. The maximum absolute atomic E-state index is 13.2. The standard InChI is InChI=1S/C19H19ClF3N7O2S/c1-10(11-4-12(19(21,22)23)6-13(24)5-11)27-17-14-8-30(3-2-15(14)28-18(20)29-17)33(31,32)16-7-25-9-26-16/h4-7,9-10H,2-3,8,24H2,1H3,(H,25,26)(H,27,28,29)/t10-/m1/s1. The van der Waals surface area contributed by atoms with Crippen LogP contribution >= 0.6 is 11.6 Å². The van der Waals surface area contributed by atoms with Crippen LogP contribution in [0.4, 0.5) is 24.7 Å². The van der Waals surface area contributed by atoms with E-state index in [1.54, 1.807) is 6.92 Å². The predicted molar refractivity (Wildman–Crippen MR) is 115 cm³/mol. The van der Waals surface area contributed by atoms with E-state index in [9.17, 15) is 21.6 Å². The summed E-state index contributed by atoms with van der Waals surface area (Å²) in [6.07, 6.45) is -1.79. The summed E-state index contributed by atoms with van der Waals surface area (Å²) in [6.45, 7) is 1.76. The van der Waals surface area contributed by atoms with Gasteiger partial charge in [0, 0.05) is 30.8 Å². The monoisotopic (exact) mass is 501 g/mol. The first-order chi connectivity index (χ1) is 15.4. The highest BCUT2D eigenvalue weighted by Gasteiger charge is 2.33. The first kappa shape index (κ1) is 23.3. The van der Waals surface area contributed by atoms with E-state index < -0.39 is 27.8 Å². The van der Waals surface area contributed by atoms with Gasteiger partial charge in [0.15, 0.2) is 5.03 Å². The molecule has 14 heteroatoms. The van der Waals surface area contributed by atoms with Gasteiger partial charge in [-0.3, -0.25) is 0 Å². The Morgan fingerprint density at radius 1 is 1.27 bits per heavy atom. The lowest BCUT2D eigenvalue weighted by Gasteiger charge is -2.29. The van der Waals surface area contributed by atoms with Crippen molar-refractivity contribution in [2.75, 3.05) is 17.6 Å². The van der Waals surface area contributed by atoms with Crippen LogP contribution in [0.5, 0.6) is 0 Å². The highest BCUT2D eigenvalue weighted by atomic mass is 35.5. The van der Waals surface area contributed by atoms with Crippen LogP contribution in [0, 0.1) is 0 Å². The third kappa shape index (κ3) is 4.75. The number of H-pyrrole nitrogens is 1. The number of alkyl halides is 3. The number of anilines is 2. The number of halogens is 4. The van der Waals surface area contributed by atoms with Crippen molar-refractivity contribution in [3.63, 3.8) is 0 Å². The van der Waals surface area contributed by atoms with Crippen LogP contribution in [-0.4, -0.2) is 39.2 Å². The van der Waals surface area contributed by atoms with Crippen LogP contribution in [0.15, 0.2) is 35.7 Å². The smallest absolute Gasteiger partial charge is 0.399 e. The van der Waals surface area contributed by atoms with Crippen molar-refractivity contribution >= 4 is 33.1 Å². The van der Waals surface area contributed by atoms with Crippen molar-refractivity contribution in [1.82, 2.24) is 24.2 Å². The van der Waals surface area contributed by atoms with Gasteiger partial charge in [0.25, 0.3) is 10.0 Å². The number of imidazole rings is 1. The summed E-state index contributed by atoms with van der Waals surface area (Å²) in [5.74, 6) is 0.234. The maximum atomic E-state index is 13.2. The van der Waals surface area contributed by atoms with E-state index in [-0.39, 0.29) is 46.9 Å². The van der Waals surface area contributed by atoms with Crippen molar-refractivity contribution in [2.45, 2.75) is 37.1 Å². The minimum atomic E-state index is -4.55. The number of rotatable bonds is 5. The van der Waals surface area contributed by atoms with E-state index in [2.05, 4.69) is 25.3 Å². The Bertz CT molecular complexity index is 1280. The molecule has 1 aliphatic heterocycles. The summed E-state index contributed by atoms with van der Waals surface area (Å²) in [4.78, 5) is 14.7. The number of nitrogens with two attached hydrogens (primary N) is 1. The zero-order chi connectivity index (χ0) is 24.0. The average Bonchev–Trinajstić information content (AvgIpc) is 3.28. The van der Waals surface area contributed by atoms with Crippen LogP contribution in [0.2, 0.25) is 5.28 Å². The third-order valence-corrected chi connectivity index (χ3v) is 7.19. The van der Waals surface area contributed by atoms with Gasteiger partial charge in [-0.1, -0.05) is 0 Å². The zero-order valence-corrected chi connectivity index (χ0v) is 18.8. The summed E-state index contributed by atoms with van der Waals surface area (Å²) >= 11 is 6.05. The normalized spacial score (nSPS) is 15.8. The number of benzene rings is 1. The molecule has 1 aliphatic rings. The van der Waals surface area contributed by atoms with Crippen LogP contribution in [0.3, 0.4) is 0 Å². The van der Waals surface area contributed by atoms with E-state index >= 15 is 0 Å². The summed E-state index contributed by atoms with van der Waals surface area (Å²) in [6, 6.07) is 2.64. The molecule has 0 bridgehead atoms. The number of hydrogen-bond acceptors (Lipinski definition) is 7. The lowest BCUT2D eigenvalue weighted by molar-refractivity contribution is -0.137. The first-order valence-corrected chi connectivity index (χ1v) is 11.5. The Balaban J connectivity index is 1.66. The molecule has 1 aromatic carbocycles. The van der Waals surface area contributed by atoms with Crippen LogP contribution < -0.4 is 11.1 Å². The Morgan fingerprint density at radius 2 is 2.03 bits per heavy atom. The largest absolute Gasteiger partial charge is 0.416 e. The van der Waals surface area contributed by atoms with E-state index in [0.717, 1.165) is 12.1 Å². The third-order valence-electron chi connectivity index (χ3n) is 5.25. The second-order valence-corrected chi connectivity index (χ2v) is 9.77. The minimum Gasteiger partial charge on any atom is -0.399 e. The van der Waals surface area contributed by atoms with Gasteiger partial charge in [0.05, 0.1) is 29.8 Å². The molecule has 0 unspecified atom stereocenters. The molecule has 0 amide bonds. The molecule has 176 valence electrons. The molecule has 4 rings (SSSR count). The quantitative estimate of drug-likeness (QED) is 0.361. The Kier molecular flexibility index (Phi) is 5.97. The van der Waals surface area contributed by atoms with Gasteiger partial charge in [0.2, 0.25) is 5.28 Å². The molecule has 0 radical (unpaired) electrons. The number of nitrogens with one attached hydrogen (secondary N) is 2. The molecule has 0 fully saturated rings. The first-order valence-electron chi connectivity index (χ1n) is 9.73. The van der Waals surface area contributed by atoms with Gasteiger partial charge in [-0.15, -0.1) is 0 Å². The molecule has 0 aliphatic carbocycles. The molecule has 0 saturated heterocycles. The molecule has 1 atom stereocenters. The number of hydrogen-bond donors (Lipinski definition) is 3. The van der Waals surface area contributed by atoms with E-state index in [4.69, 9.17) is 17.3 Å². The Hall–Kier alpha value is -2.90. The molecule has 0 saturated carbocycles. The number of fused-ring (bicyclic) bond motifs is 1. The highest BCUT2D eigenvalue weighted by molar-refractivity contribution is 7.89. The average molecular weight is 502 g/mol. The predicted octanol–water partition coefficient (Wildman–Crippen LogP) is 3.37. The molecule has 2 aromatic heterocycles. The molecule has 33 heavy (non-hydrogen) atoms. The van der Waals surface area contributed by atoms with Crippen molar-refractivity contribution in [3.05, 3.63) is 58.4 Å². The maximum Gasteiger partial charge on any atom is 0.416 e. The number of sulfonamides is 1. The van der Waals surface area contributed by atoms with Gasteiger partial charge < -0.3 is 16.0 Å². The molecule has 0 spiro atoms. The van der Waals surface area contributed by atoms with Gasteiger partial charge in [-0.05, 0) is 42.3 Å². The molecule has 3 aromatic rings. The molecule has 3 heterocycles. The summed E-state index contributed by atoms with van der Waals surface area (Å²) < 4.78 is 66.7. The zero-order valence-electron chi connectivity index (χ0n) is 17.2. The van der Waals surface area contributed by atoms with Crippen molar-refractivity contribution in [2.24, 2.45) is 0 Å². The molecule has 9 nitrogen and oxygen atoms in total. The topological polar surface area (TPSA) is 130 Å². The van der Waals surface area contributed by atoms with Crippen LogP contribution in [0.1, 0.15) is 35.3 Å². The molecular weight excluding hydrogens is 483 g/mol. The highest BCUT2D eigenvalue weighted by Crippen LogP contribution is 2.34. The lowest BCUT2D eigenvalue weighted by atomic mass is 10.0. The van der Waals surface area contributed by atoms with Gasteiger partial charge >= 0.3 is 6.18 Å². The summed E-state index contributed by atoms with van der Waals surface area (Å²) in [7, 11) is -3.84. The lowest BCUT2D eigenvalue weighted by Crippen LogP contribution is -2.37. The second kappa shape index (κ2) is 8.47. The minimum absolute atomic E-state index is 0.0342. The van der Waals surface area contributed by atoms with Crippen molar-refractivity contribution < 1.29 is 21.6 Å². The number of aromatic amines is 1. The van der Waals surface area contributed by atoms with Crippen molar-refractivity contribution in [3.8, 4) is 0 Å².